The summed E-state index contributed by atoms with van der Waals surface area (Å²) in [6.07, 6.45) is 11.0. The van der Waals surface area contributed by atoms with E-state index in [2.05, 4.69) is 180 Å². The van der Waals surface area contributed by atoms with Crippen molar-refractivity contribution in [2.24, 2.45) is 0 Å². The number of nitrogens with zero attached hydrogens (tertiary/aromatic N) is 7. The molecule has 0 amide bonds. The topological polar surface area (TPSA) is 143 Å². The van der Waals surface area contributed by atoms with Gasteiger partial charge in [-0.15, -0.1) is 0 Å². The smallest absolute Gasteiger partial charge is 0.335 e. The van der Waals surface area contributed by atoms with Crippen LogP contribution in [-0.4, -0.2) is 50.9 Å². The van der Waals surface area contributed by atoms with E-state index in [-0.39, 0.29) is 25.0 Å². The molecule has 2 N–H and O–H groups in total. The summed E-state index contributed by atoms with van der Waals surface area (Å²) in [6.45, 7) is 0. The van der Waals surface area contributed by atoms with Crippen molar-refractivity contribution in [1.29, 1.82) is 0 Å². The minimum absolute atomic E-state index is 0. The van der Waals surface area contributed by atoms with Gasteiger partial charge in [-0.25, -0.2) is 9.78 Å². The van der Waals surface area contributed by atoms with Crippen LogP contribution in [0.1, 0.15) is 10.4 Å². The predicted molar refractivity (Wildman–Crippen MR) is 315 cm³/mol. The van der Waals surface area contributed by atoms with Gasteiger partial charge in [0, 0.05) is 94.5 Å². The fourth-order valence-corrected chi connectivity index (χ4v) is 10.4. The van der Waals surface area contributed by atoms with Crippen molar-refractivity contribution in [3.05, 3.63) is 261 Å². The predicted octanol–water partition coefficient (Wildman–Crippen LogP) is 16.3. The van der Waals surface area contributed by atoms with Crippen LogP contribution < -0.4 is 0 Å². The Hall–Kier alpha value is -10.2. The molecule has 7 aromatic heterocycles. The Bertz CT molecular complexity index is 4230. The Morgan fingerprint density at radius 1 is 0.304 bits per heavy atom. The standard InChI is InChI=1S/2C24H16N2.C20H12N4O2.Ru/c2*1-3-7-17(8-4-1)19-13-15-25-23-21(19)11-12-22-20(14-16-26-24(22)23)18-9-5-2-6-10-18;25-20(26)12-7-5-11(6-8-12)19-23-17-13-3-1-9-21-15(13)16-14(18(17)24-19)4-2-10-22-16;/h2*1-16H;1-10H,(H,23,24)(H,25,26);. The molecule has 15 rings (SSSR count). The first-order chi connectivity index (χ1) is 38.6. The van der Waals surface area contributed by atoms with E-state index in [9.17, 15) is 4.79 Å². The molecule has 8 aromatic carbocycles. The van der Waals surface area contributed by atoms with Crippen LogP contribution in [0.5, 0.6) is 0 Å². The molecule has 10 nitrogen and oxygen atoms in total. The van der Waals surface area contributed by atoms with Gasteiger partial charge in [0.1, 0.15) is 5.82 Å². The molecular weight excluding hydrogens is 1060 g/mol. The largest absolute Gasteiger partial charge is 0.478 e. The van der Waals surface area contributed by atoms with Crippen molar-refractivity contribution in [3.8, 4) is 55.9 Å². The van der Waals surface area contributed by atoms with Crippen molar-refractivity contribution in [2.75, 3.05) is 0 Å². The molecule has 0 saturated heterocycles. The molecule has 15 aromatic rings. The zero-order valence-corrected chi connectivity index (χ0v) is 43.8. The van der Waals surface area contributed by atoms with Crippen molar-refractivity contribution in [3.63, 3.8) is 0 Å². The fourth-order valence-electron chi connectivity index (χ4n) is 10.4. The zero-order valence-electron chi connectivity index (χ0n) is 42.1. The van der Waals surface area contributed by atoms with Gasteiger partial charge in [-0.1, -0.05) is 158 Å². The van der Waals surface area contributed by atoms with Crippen LogP contribution in [-0.2, 0) is 19.5 Å². The summed E-state index contributed by atoms with van der Waals surface area (Å²) >= 11 is 0. The van der Waals surface area contributed by atoms with Gasteiger partial charge >= 0.3 is 5.97 Å². The van der Waals surface area contributed by atoms with E-state index in [0.29, 0.717) is 5.82 Å². The van der Waals surface area contributed by atoms with E-state index >= 15 is 0 Å². The molecule has 0 fully saturated rings. The molecule has 0 aliphatic carbocycles. The zero-order chi connectivity index (χ0) is 52.4. The molecule has 0 aliphatic heterocycles. The monoisotopic (exact) mass is 1110 g/mol. The van der Waals surface area contributed by atoms with Gasteiger partial charge in [-0.3, -0.25) is 29.9 Å². The molecular formula is C68H44N8O2Ru. The van der Waals surface area contributed by atoms with Crippen LogP contribution >= 0.6 is 0 Å². The van der Waals surface area contributed by atoms with Gasteiger partial charge in [0.2, 0.25) is 0 Å². The minimum atomic E-state index is -0.949. The van der Waals surface area contributed by atoms with E-state index in [4.69, 9.17) is 10.1 Å². The number of carboxylic acid groups (broad SMARTS) is 1. The number of rotatable bonds is 6. The molecule has 0 unspecified atom stereocenters. The van der Waals surface area contributed by atoms with E-state index in [1.165, 1.54) is 44.5 Å². The number of carbonyl (C=O) groups is 1. The maximum Gasteiger partial charge on any atom is 0.335 e. The van der Waals surface area contributed by atoms with Crippen LogP contribution in [0.4, 0.5) is 0 Å². The third-order valence-corrected chi connectivity index (χ3v) is 14.1. The third-order valence-electron chi connectivity index (χ3n) is 14.1. The average Bonchev–Trinajstić information content (AvgIpc) is 4.12. The number of aromatic carboxylic acids is 1. The molecule has 79 heavy (non-hydrogen) atoms. The van der Waals surface area contributed by atoms with Crippen molar-refractivity contribution in [2.45, 2.75) is 0 Å². The number of hydrogen-bond acceptors (Lipinski definition) is 8. The van der Waals surface area contributed by atoms with Crippen LogP contribution in [0.2, 0.25) is 0 Å². The summed E-state index contributed by atoms with van der Waals surface area (Å²) in [5.41, 5.74) is 17.7. The van der Waals surface area contributed by atoms with E-state index in [1.54, 1.807) is 36.7 Å². The van der Waals surface area contributed by atoms with Gasteiger partial charge in [0.05, 0.1) is 49.7 Å². The molecule has 0 radical (unpaired) electrons. The minimum Gasteiger partial charge on any atom is -0.478 e. The number of aromatic nitrogens is 8. The summed E-state index contributed by atoms with van der Waals surface area (Å²) in [4.78, 5) is 46.8. The van der Waals surface area contributed by atoms with Crippen molar-refractivity contribution in [1.82, 2.24) is 39.9 Å². The van der Waals surface area contributed by atoms with Crippen LogP contribution in [0.25, 0.3) is 132 Å². The van der Waals surface area contributed by atoms with Gasteiger partial charge in [0.15, 0.2) is 0 Å². The number of fused-ring (bicyclic) bond motifs is 12. The second-order valence-corrected chi connectivity index (χ2v) is 18.6. The number of pyridine rings is 6. The van der Waals surface area contributed by atoms with Gasteiger partial charge in [0.25, 0.3) is 0 Å². The molecule has 0 spiro atoms. The van der Waals surface area contributed by atoms with Gasteiger partial charge in [-0.05, 0) is 105 Å². The number of H-pyrrole nitrogens is 1. The van der Waals surface area contributed by atoms with Gasteiger partial charge < -0.3 is 10.1 Å². The molecule has 0 bridgehead atoms. The molecule has 0 aliphatic rings. The normalized spacial score (nSPS) is 11.0. The second kappa shape index (κ2) is 21.8. The van der Waals surface area contributed by atoms with E-state index in [1.807, 2.05) is 73.3 Å². The SMILES string of the molecule is O=C(O)c1ccc(-c2nc3c4cccnc4c4ncccc4c3[nH]2)cc1.[Ru].c1ccc(-c2ccnc3c2ccc2c(-c4ccccc4)ccnc23)cc1.c1ccc(-c2ccnc3c2ccc2c(-c4ccccc4)ccnc23)cc1. The molecule has 0 saturated carbocycles. The number of aromatic amines is 1. The number of imidazole rings is 1. The number of carboxylic acids is 1. The van der Waals surface area contributed by atoms with Crippen LogP contribution in [0, 0.1) is 0 Å². The summed E-state index contributed by atoms with van der Waals surface area (Å²) in [5.74, 6) is -0.270. The van der Waals surface area contributed by atoms with E-state index in [0.717, 1.165) is 82.0 Å². The van der Waals surface area contributed by atoms with Crippen molar-refractivity contribution >= 4 is 82.4 Å². The first-order valence-electron chi connectivity index (χ1n) is 25.4. The second-order valence-electron chi connectivity index (χ2n) is 18.6. The average molecular weight is 1110 g/mol. The quantitative estimate of drug-likeness (QED) is 0.123. The van der Waals surface area contributed by atoms with E-state index < -0.39 is 5.97 Å². The summed E-state index contributed by atoms with van der Waals surface area (Å²) < 4.78 is 0. The Kier molecular flexibility index (Phi) is 13.7. The summed E-state index contributed by atoms with van der Waals surface area (Å²) in [5, 5.41) is 15.5. The Labute approximate surface area is 466 Å². The molecule has 11 heteroatoms. The van der Waals surface area contributed by atoms with Crippen LogP contribution in [0.3, 0.4) is 0 Å². The van der Waals surface area contributed by atoms with Gasteiger partial charge in [-0.2, -0.15) is 0 Å². The summed E-state index contributed by atoms with van der Waals surface area (Å²) in [7, 11) is 0. The Morgan fingerprint density at radius 2 is 0.633 bits per heavy atom. The number of hydrogen-bond donors (Lipinski definition) is 2. The number of nitrogens with one attached hydrogen (secondary N) is 1. The molecule has 7 heterocycles. The fraction of sp³-hybridized carbons (Fsp3) is 0. The third kappa shape index (κ3) is 9.49. The molecule has 376 valence electrons. The maximum absolute atomic E-state index is 11.0. The maximum atomic E-state index is 11.0. The first-order valence-corrected chi connectivity index (χ1v) is 25.4. The summed E-state index contributed by atoms with van der Waals surface area (Å²) in [6, 6.07) is 73.1. The first kappa shape index (κ1) is 49.6. The van der Waals surface area contributed by atoms with Crippen LogP contribution in [0.15, 0.2) is 256 Å². The van der Waals surface area contributed by atoms with Crippen molar-refractivity contribution < 1.29 is 29.4 Å². The molecule has 0 atom stereocenters. The Balaban J connectivity index is 0.000000118. The number of benzene rings is 8. The Morgan fingerprint density at radius 3 is 1.00 bits per heavy atom.